The number of ether oxygens (including phenoxy) is 1. The average Bonchev–Trinajstić information content (AvgIpc) is 2.67. The fraction of sp³-hybridized carbons (Fsp3) is 0.409. The Morgan fingerprint density at radius 2 is 1.73 bits per heavy atom. The number of sulfone groups is 1. The van der Waals surface area contributed by atoms with E-state index in [0.717, 1.165) is 36.3 Å². The summed E-state index contributed by atoms with van der Waals surface area (Å²) < 4.78 is 29.2. The Hall–Kier alpha value is -1.81. The van der Waals surface area contributed by atoms with Gasteiger partial charge in [-0.05, 0) is 56.0 Å². The van der Waals surface area contributed by atoms with Crippen LogP contribution in [0.4, 0.5) is 0 Å². The Kier molecular flexibility index (Phi) is 11.2. The van der Waals surface area contributed by atoms with E-state index in [1.807, 2.05) is 43.3 Å². The summed E-state index contributed by atoms with van der Waals surface area (Å²) in [6, 6.07) is 13.4. The maximum Gasteiger partial charge on any atom is 0.191 e. The molecule has 2 aromatic rings. The number of aliphatic imine (C=N–C) groups is 1. The number of rotatable bonds is 9. The van der Waals surface area contributed by atoms with Crippen LogP contribution in [0.25, 0.3) is 0 Å². The molecule has 0 saturated carbocycles. The molecule has 0 fully saturated rings. The molecule has 0 aliphatic rings. The van der Waals surface area contributed by atoms with Crippen LogP contribution < -0.4 is 15.4 Å². The quantitative estimate of drug-likeness (QED) is 0.217. The number of nitrogens with zero attached hydrogens (tertiary/aromatic N) is 1. The van der Waals surface area contributed by atoms with Crippen LogP contribution >= 0.6 is 24.0 Å². The van der Waals surface area contributed by atoms with Gasteiger partial charge in [0.15, 0.2) is 15.8 Å². The summed E-state index contributed by atoms with van der Waals surface area (Å²) in [6.07, 6.45) is 3.14. The van der Waals surface area contributed by atoms with Gasteiger partial charge in [-0.1, -0.05) is 29.8 Å². The van der Waals surface area contributed by atoms with Crippen molar-refractivity contribution < 1.29 is 13.2 Å². The first-order valence-corrected chi connectivity index (χ1v) is 11.6. The van der Waals surface area contributed by atoms with Gasteiger partial charge in [0.2, 0.25) is 0 Å². The summed E-state index contributed by atoms with van der Waals surface area (Å²) >= 11 is 0. The lowest BCUT2D eigenvalue weighted by atomic mass is 10.1. The van der Waals surface area contributed by atoms with E-state index in [4.69, 9.17) is 4.74 Å². The summed E-state index contributed by atoms with van der Waals surface area (Å²) in [7, 11) is -1.46. The summed E-state index contributed by atoms with van der Waals surface area (Å²) in [5, 5.41) is 6.53. The standard InChI is InChI=1S/C22H31N3O3S.HI/c1-17-7-10-20(11-8-17)28-14-6-5-13-24-22(23-3)25-16-19-9-12-21(18(2)15-19)29(4,26)27;/h7-12,15H,5-6,13-14,16H2,1-4H3,(H2,23,24,25);1H. The van der Waals surface area contributed by atoms with E-state index in [-0.39, 0.29) is 24.0 Å². The van der Waals surface area contributed by atoms with Crippen molar-refractivity contribution in [3.8, 4) is 5.75 Å². The third-order valence-corrected chi connectivity index (χ3v) is 5.73. The van der Waals surface area contributed by atoms with Gasteiger partial charge < -0.3 is 15.4 Å². The minimum absolute atomic E-state index is 0. The van der Waals surface area contributed by atoms with Gasteiger partial charge in [0, 0.05) is 26.4 Å². The molecule has 0 atom stereocenters. The molecule has 0 heterocycles. The molecule has 8 heteroatoms. The van der Waals surface area contributed by atoms with E-state index in [9.17, 15) is 8.42 Å². The number of aryl methyl sites for hydroxylation is 2. The predicted molar refractivity (Wildman–Crippen MR) is 134 cm³/mol. The summed E-state index contributed by atoms with van der Waals surface area (Å²) in [5.41, 5.74) is 2.98. The minimum atomic E-state index is -3.19. The highest BCUT2D eigenvalue weighted by atomic mass is 127. The van der Waals surface area contributed by atoms with Gasteiger partial charge in [0.1, 0.15) is 5.75 Å². The van der Waals surface area contributed by atoms with Crippen molar-refractivity contribution in [3.05, 3.63) is 59.2 Å². The number of halogens is 1. The second kappa shape index (κ2) is 12.8. The van der Waals surface area contributed by atoms with Gasteiger partial charge in [-0.15, -0.1) is 24.0 Å². The number of nitrogens with one attached hydrogen (secondary N) is 2. The highest BCUT2D eigenvalue weighted by Crippen LogP contribution is 2.16. The maximum absolute atomic E-state index is 11.7. The monoisotopic (exact) mass is 545 g/mol. The van der Waals surface area contributed by atoms with Crippen molar-refractivity contribution in [3.63, 3.8) is 0 Å². The van der Waals surface area contributed by atoms with E-state index < -0.39 is 9.84 Å². The van der Waals surface area contributed by atoms with Crippen molar-refractivity contribution in [1.29, 1.82) is 0 Å². The van der Waals surface area contributed by atoms with Gasteiger partial charge in [-0.25, -0.2) is 8.42 Å². The lowest BCUT2D eigenvalue weighted by Crippen LogP contribution is -2.37. The lowest BCUT2D eigenvalue weighted by Gasteiger charge is -2.13. The van der Waals surface area contributed by atoms with Crippen molar-refractivity contribution >= 4 is 39.8 Å². The fourth-order valence-electron chi connectivity index (χ4n) is 2.90. The zero-order valence-corrected chi connectivity index (χ0v) is 21.2. The maximum atomic E-state index is 11.7. The first kappa shape index (κ1) is 26.2. The molecule has 0 radical (unpaired) electrons. The lowest BCUT2D eigenvalue weighted by molar-refractivity contribution is 0.307. The highest BCUT2D eigenvalue weighted by molar-refractivity contribution is 14.0. The van der Waals surface area contributed by atoms with E-state index in [2.05, 4.69) is 22.5 Å². The van der Waals surface area contributed by atoms with Crippen molar-refractivity contribution in [2.45, 2.75) is 38.1 Å². The van der Waals surface area contributed by atoms with Crippen LogP contribution in [0, 0.1) is 13.8 Å². The Balaban J connectivity index is 0.00000450. The molecule has 30 heavy (non-hydrogen) atoms. The van der Waals surface area contributed by atoms with Crippen LogP contribution in [0.15, 0.2) is 52.4 Å². The van der Waals surface area contributed by atoms with E-state index in [1.54, 1.807) is 13.1 Å². The first-order valence-electron chi connectivity index (χ1n) is 9.73. The molecule has 0 aliphatic heterocycles. The number of hydrogen-bond donors (Lipinski definition) is 2. The van der Waals surface area contributed by atoms with Gasteiger partial charge in [0.05, 0.1) is 11.5 Å². The first-order chi connectivity index (χ1) is 13.8. The molecule has 0 unspecified atom stereocenters. The van der Waals surface area contributed by atoms with Crippen molar-refractivity contribution in [2.75, 3.05) is 26.5 Å². The van der Waals surface area contributed by atoms with E-state index in [0.29, 0.717) is 24.0 Å². The minimum Gasteiger partial charge on any atom is -0.494 e. The second-order valence-electron chi connectivity index (χ2n) is 7.09. The Bertz CT molecular complexity index is 929. The van der Waals surface area contributed by atoms with Gasteiger partial charge >= 0.3 is 0 Å². The SMILES string of the molecule is CN=C(NCCCCOc1ccc(C)cc1)NCc1ccc(S(C)(=O)=O)c(C)c1.I. The topological polar surface area (TPSA) is 79.8 Å². The van der Waals surface area contributed by atoms with Crippen molar-refractivity contribution in [1.82, 2.24) is 10.6 Å². The molecule has 0 spiro atoms. The van der Waals surface area contributed by atoms with Gasteiger partial charge in [0.25, 0.3) is 0 Å². The molecule has 0 aliphatic carbocycles. The Morgan fingerprint density at radius 3 is 2.33 bits per heavy atom. The predicted octanol–water partition coefficient (Wildman–Crippen LogP) is 3.85. The van der Waals surface area contributed by atoms with Crippen LogP contribution in [0.3, 0.4) is 0 Å². The van der Waals surface area contributed by atoms with Crippen LogP contribution in [0.5, 0.6) is 5.75 Å². The largest absolute Gasteiger partial charge is 0.494 e. The number of benzene rings is 2. The molecule has 0 aromatic heterocycles. The number of unbranched alkanes of at least 4 members (excludes halogenated alkanes) is 1. The zero-order valence-electron chi connectivity index (χ0n) is 18.1. The summed E-state index contributed by atoms with van der Waals surface area (Å²) in [6.45, 7) is 5.92. The van der Waals surface area contributed by atoms with Crippen LogP contribution in [-0.2, 0) is 16.4 Å². The van der Waals surface area contributed by atoms with E-state index in [1.165, 1.54) is 11.8 Å². The van der Waals surface area contributed by atoms with Gasteiger partial charge in [-0.2, -0.15) is 0 Å². The molecule has 0 bridgehead atoms. The normalized spacial score (nSPS) is 11.5. The van der Waals surface area contributed by atoms with Gasteiger partial charge in [-0.3, -0.25) is 4.99 Å². The molecular weight excluding hydrogens is 513 g/mol. The zero-order chi connectivity index (χ0) is 21.3. The Morgan fingerprint density at radius 1 is 1.03 bits per heavy atom. The summed E-state index contributed by atoms with van der Waals surface area (Å²) in [5.74, 6) is 1.62. The fourth-order valence-corrected chi connectivity index (χ4v) is 3.86. The summed E-state index contributed by atoms with van der Waals surface area (Å²) in [4.78, 5) is 4.60. The molecule has 0 saturated heterocycles. The molecule has 0 amide bonds. The molecule has 2 N–H and O–H groups in total. The molecule has 6 nitrogen and oxygen atoms in total. The third-order valence-electron chi connectivity index (χ3n) is 4.48. The molecule has 2 aromatic carbocycles. The molecule has 166 valence electrons. The highest BCUT2D eigenvalue weighted by Gasteiger charge is 2.10. The smallest absolute Gasteiger partial charge is 0.191 e. The number of guanidine groups is 1. The average molecular weight is 545 g/mol. The van der Waals surface area contributed by atoms with Crippen molar-refractivity contribution in [2.24, 2.45) is 4.99 Å². The van der Waals surface area contributed by atoms with E-state index >= 15 is 0 Å². The van der Waals surface area contributed by atoms with Crippen LogP contribution in [-0.4, -0.2) is 40.8 Å². The Labute approximate surface area is 197 Å². The molecule has 2 rings (SSSR count). The third kappa shape index (κ3) is 8.91. The second-order valence-corrected chi connectivity index (χ2v) is 9.08. The molecular formula is C22H32IN3O3S. The van der Waals surface area contributed by atoms with Crippen LogP contribution in [0.1, 0.15) is 29.5 Å². The van der Waals surface area contributed by atoms with Crippen LogP contribution in [0.2, 0.25) is 0 Å². The number of hydrogen-bond acceptors (Lipinski definition) is 4.